The molecule has 0 saturated heterocycles. The Morgan fingerprint density at radius 1 is 0.533 bits per heavy atom. The molecule has 0 atom stereocenters. The lowest BCUT2D eigenvalue weighted by Gasteiger charge is -2.07. The fourth-order valence-electron chi connectivity index (χ4n) is 2.52. The van der Waals surface area contributed by atoms with Gasteiger partial charge in [0, 0.05) is 6.61 Å². The number of aliphatic hydroxyl groups excluding tert-OH is 1. The van der Waals surface area contributed by atoms with E-state index in [1.165, 1.54) is 57.8 Å². The highest BCUT2D eigenvalue weighted by molar-refractivity contribution is 7.79. The summed E-state index contributed by atoms with van der Waals surface area (Å²) in [6.07, 6.45) is 13.5. The van der Waals surface area contributed by atoms with E-state index >= 15 is 0 Å². The quantitative estimate of drug-likeness (QED) is 0.164. The summed E-state index contributed by atoms with van der Waals surface area (Å²) in [6, 6.07) is 0. The maximum atomic E-state index is 8.74. The minimum atomic E-state index is -4.67. The van der Waals surface area contributed by atoms with Gasteiger partial charge in [-0.15, -0.1) is 0 Å². The van der Waals surface area contributed by atoms with Crippen LogP contribution in [-0.2, 0) is 29.3 Å². The van der Waals surface area contributed by atoms with Crippen LogP contribution in [0.2, 0.25) is 0 Å². The molecule has 0 rings (SSSR count). The molecule has 10 heteroatoms. The van der Waals surface area contributed by atoms with Crippen LogP contribution in [0.25, 0.3) is 0 Å². The van der Waals surface area contributed by atoms with Crippen LogP contribution in [0.1, 0.15) is 71.1 Å². The summed E-state index contributed by atoms with van der Waals surface area (Å²) in [5.41, 5.74) is 0. The number of unbranched alkanes of at least 4 members (excludes halogenated alkanes) is 9. The third-order valence-corrected chi connectivity index (χ3v) is 3.99. The first-order valence-corrected chi connectivity index (χ1v) is 12.4. The van der Waals surface area contributed by atoms with E-state index in [2.05, 4.69) is 6.92 Å². The smallest absolute Gasteiger partial charge is 0.394 e. The molecule has 0 aromatic carbocycles. The van der Waals surface area contributed by atoms with Crippen molar-refractivity contribution in [2.45, 2.75) is 71.1 Å². The third kappa shape index (κ3) is 41.9. The Bertz CT molecular complexity index is 375. The topological polar surface area (TPSA) is 132 Å². The second-order valence-corrected chi connectivity index (χ2v) is 7.70. The van der Waals surface area contributed by atoms with Crippen molar-refractivity contribution in [3.8, 4) is 0 Å². The van der Waals surface area contributed by atoms with Gasteiger partial charge in [-0.25, -0.2) is 0 Å². The Balaban J connectivity index is 0. The Labute approximate surface area is 183 Å². The molecule has 0 saturated carbocycles. The average molecular weight is 461 g/mol. The van der Waals surface area contributed by atoms with E-state index in [0.29, 0.717) is 46.2 Å². The number of ether oxygens (including phenoxy) is 4. The van der Waals surface area contributed by atoms with E-state index in [1.807, 2.05) is 0 Å². The minimum absolute atomic E-state index is 0.0578. The zero-order valence-electron chi connectivity index (χ0n) is 18.6. The van der Waals surface area contributed by atoms with Crippen LogP contribution in [0.4, 0.5) is 0 Å². The van der Waals surface area contributed by atoms with Gasteiger partial charge in [-0.2, -0.15) is 8.42 Å². The summed E-state index contributed by atoms with van der Waals surface area (Å²) in [5, 5.41) is 8.53. The molecule has 0 aliphatic carbocycles. The Morgan fingerprint density at radius 3 is 1.20 bits per heavy atom. The molecular formula is C20H44O9S. The van der Waals surface area contributed by atoms with E-state index in [0.717, 1.165) is 13.0 Å². The molecule has 0 heterocycles. The average Bonchev–Trinajstić information content (AvgIpc) is 2.68. The summed E-state index contributed by atoms with van der Waals surface area (Å²) < 4.78 is 53.0. The Morgan fingerprint density at radius 2 is 0.833 bits per heavy atom. The van der Waals surface area contributed by atoms with E-state index < -0.39 is 10.4 Å². The van der Waals surface area contributed by atoms with Gasteiger partial charge < -0.3 is 24.1 Å². The number of hydrogen-bond acceptors (Lipinski definition) is 7. The van der Waals surface area contributed by atoms with E-state index in [9.17, 15) is 0 Å². The molecule has 0 radical (unpaired) electrons. The number of aliphatic hydroxyl groups is 1. The fourth-order valence-corrected chi connectivity index (χ4v) is 2.52. The zero-order valence-corrected chi connectivity index (χ0v) is 19.5. The van der Waals surface area contributed by atoms with Crippen molar-refractivity contribution in [2.75, 3.05) is 59.5 Å². The van der Waals surface area contributed by atoms with Crippen LogP contribution in [0.5, 0.6) is 0 Å². The molecule has 0 aromatic heterocycles. The van der Waals surface area contributed by atoms with Gasteiger partial charge in [0.1, 0.15) is 0 Å². The van der Waals surface area contributed by atoms with Crippen LogP contribution < -0.4 is 0 Å². The van der Waals surface area contributed by atoms with Crippen LogP contribution in [0, 0.1) is 0 Å². The van der Waals surface area contributed by atoms with Crippen LogP contribution in [0.15, 0.2) is 0 Å². The van der Waals surface area contributed by atoms with Crippen LogP contribution in [0.3, 0.4) is 0 Å². The van der Waals surface area contributed by atoms with Crippen LogP contribution in [-0.4, -0.2) is 82.1 Å². The molecule has 3 N–H and O–H groups in total. The second kappa shape index (κ2) is 26.7. The molecule has 0 aliphatic rings. The molecule has 9 nitrogen and oxygen atoms in total. The lowest BCUT2D eigenvalue weighted by atomic mass is 10.1. The standard InChI is InChI=1S/C20H42O5.H2O4S/c1-2-3-4-5-6-7-8-9-10-11-13-22-15-17-24-19-20-25-18-16-23-14-12-21;1-5(2,3)4/h21H,2-20H2,1H3;(H2,1,2,3,4). The molecule has 0 aromatic rings. The van der Waals surface area contributed by atoms with Gasteiger partial charge in [0.2, 0.25) is 0 Å². The van der Waals surface area contributed by atoms with Crippen molar-refractivity contribution >= 4 is 10.4 Å². The van der Waals surface area contributed by atoms with Gasteiger partial charge in [0.25, 0.3) is 0 Å². The van der Waals surface area contributed by atoms with Crippen molar-refractivity contribution in [3.63, 3.8) is 0 Å². The summed E-state index contributed by atoms with van der Waals surface area (Å²) in [4.78, 5) is 0. The summed E-state index contributed by atoms with van der Waals surface area (Å²) in [6.45, 7) is 7.04. The number of rotatable bonds is 22. The molecule has 0 aliphatic heterocycles. The maximum Gasteiger partial charge on any atom is 0.394 e. The van der Waals surface area contributed by atoms with Crippen molar-refractivity contribution < 1.29 is 41.6 Å². The molecule has 0 spiro atoms. The highest BCUT2D eigenvalue weighted by atomic mass is 32.3. The molecule has 184 valence electrons. The van der Waals surface area contributed by atoms with Crippen LogP contribution >= 0.6 is 0 Å². The monoisotopic (exact) mass is 460 g/mol. The molecule has 0 amide bonds. The molecular weight excluding hydrogens is 416 g/mol. The van der Waals surface area contributed by atoms with Gasteiger partial charge in [-0.3, -0.25) is 9.11 Å². The van der Waals surface area contributed by atoms with Crippen molar-refractivity contribution in [2.24, 2.45) is 0 Å². The van der Waals surface area contributed by atoms with Crippen molar-refractivity contribution in [1.29, 1.82) is 0 Å². The second-order valence-electron chi connectivity index (χ2n) is 6.80. The zero-order chi connectivity index (χ0) is 22.8. The van der Waals surface area contributed by atoms with Gasteiger partial charge in [-0.05, 0) is 6.42 Å². The Kier molecular flexibility index (Phi) is 28.4. The largest absolute Gasteiger partial charge is 0.394 e. The SMILES string of the molecule is CCCCCCCCCCCCOCCOCCOCCOCCO.O=S(=O)(O)O. The lowest BCUT2D eigenvalue weighted by Crippen LogP contribution is -2.12. The van der Waals surface area contributed by atoms with Crippen molar-refractivity contribution in [3.05, 3.63) is 0 Å². The van der Waals surface area contributed by atoms with E-state index in [4.69, 9.17) is 41.6 Å². The van der Waals surface area contributed by atoms with Gasteiger partial charge in [-0.1, -0.05) is 64.7 Å². The third-order valence-electron chi connectivity index (χ3n) is 3.99. The first-order valence-electron chi connectivity index (χ1n) is 11.0. The predicted molar refractivity (Wildman–Crippen MR) is 116 cm³/mol. The summed E-state index contributed by atoms with van der Waals surface area (Å²) >= 11 is 0. The summed E-state index contributed by atoms with van der Waals surface area (Å²) in [5.74, 6) is 0. The first kappa shape index (κ1) is 31.9. The van der Waals surface area contributed by atoms with Gasteiger partial charge >= 0.3 is 10.4 Å². The number of hydrogen-bond donors (Lipinski definition) is 3. The molecule has 0 fully saturated rings. The predicted octanol–water partition coefficient (Wildman–Crippen LogP) is 3.31. The first-order chi connectivity index (χ1) is 14.4. The van der Waals surface area contributed by atoms with E-state index in [-0.39, 0.29) is 6.61 Å². The fraction of sp³-hybridized carbons (Fsp3) is 1.00. The van der Waals surface area contributed by atoms with Gasteiger partial charge in [0.15, 0.2) is 0 Å². The normalized spacial score (nSPS) is 11.3. The summed E-state index contributed by atoms with van der Waals surface area (Å²) in [7, 11) is -4.67. The molecule has 30 heavy (non-hydrogen) atoms. The molecule has 0 bridgehead atoms. The van der Waals surface area contributed by atoms with E-state index in [1.54, 1.807) is 0 Å². The van der Waals surface area contributed by atoms with Crippen molar-refractivity contribution in [1.82, 2.24) is 0 Å². The maximum absolute atomic E-state index is 8.74. The highest BCUT2D eigenvalue weighted by Crippen LogP contribution is 2.10. The lowest BCUT2D eigenvalue weighted by molar-refractivity contribution is -0.00577. The molecule has 0 unspecified atom stereocenters. The highest BCUT2D eigenvalue weighted by Gasteiger charge is 1.95. The Hall–Kier alpha value is -0.330. The minimum Gasteiger partial charge on any atom is -0.394 e. The van der Waals surface area contributed by atoms with Gasteiger partial charge in [0.05, 0.1) is 52.9 Å².